The minimum atomic E-state index is 0.0237. The lowest BCUT2D eigenvalue weighted by atomic mass is 9.97. The number of amides is 1. The van der Waals surface area contributed by atoms with Gasteiger partial charge in [0, 0.05) is 19.0 Å². The summed E-state index contributed by atoms with van der Waals surface area (Å²) in [6.07, 6.45) is 2.81. The zero-order valence-electron chi connectivity index (χ0n) is 12.5. The van der Waals surface area contributed by atoms with Crippen LogP contribution < -0.4 is 0 Å². The molecule has 4 nitrogen and oxygen atoms in total. The number of aryl methyl sites for hydroxylation is 1. The van der Waals surface area contributed by atoms with Gasteiger partial charge in [0.2, 0.25) is 0 Å². The van der Waals surface area contributed by atoms with E-state index in [0.29, 0.717) is 16.5 Å². The van der Waals surface area contributed by atoms with E-state index >= 15 is 0 Å². The molecule has 1 aliphatic rings. The van der Waals surface area contributed by atoms with Gasteiger partial charge in [0.25, 0.3) is 5.91 Å². The van der Waals surface area contributed by atoms with E-state index in [1.807, 2.05) is 17.0 Å². The van der Waals surface area contributed by atoms with Crippen molar-refractivity contribution in [2.45, 2.75) is 32.1 Å². The molecule has 1 aromatic carbocycles. The lowest BCUT2D eigenvalue weighted by Crippen LogP contribution is -2.38. The van der Waals surface area contributed by atoms with Crippen molar-refractivity contribution in [2.24, 2.45) is 0 Å². The standard InChI is InChI=1S/C16H18ClN3OS/c1-2-14-18-19-15(22-14)11-7-9-20(10-8-11)16(21)12-5-3-4-6-13(12)17/h3-6,11H,2,7-10H2,1H3. The average molecular weight is 336 g/mol. The van der Waals surface area contributed by atoms with Gasteiger partial charge in [-0.25, -0.2) is 0 Å². The number of benzene rings is 1. The Morgan fingerprint density at radius 1 is 1.32 bits per heavy atom. The van der Waals surface area contributed by atoms with Gasteiger partial charge < -0.3 is 4.90 Å². The monoisotopic (exact) mass is 335 g/mol. The fourth-order valence-corrected chi connectivity index (χ4v) is 3.88. The third-order valence-corrected chi connectivity index (χ3v) is 5.58. The summed E-state index contributed by atoms with van der Waals surface area (Å²) in [6, 6.07) is 7.23. The van der Waals surface area contributed by atoms with E-state index in [9.17, 15) is 4.79 Å². The van der Waals surface area contributed by atoms with Crippen molar-refractivity contribution in [1.29, 1.82) is 0 Å². The number of rotatable bonds is 3. The fraction of sp³-hybridized carbons (Fsp3) is 0.438. The smallest absolute Gasteiger partial charge is 0.255 e. The summed E-state index contributed by atoms with van der Waals surface area (Å²) in [6.45, 7) is 3.58. The van der Waals surface area contributed by atoms with Gasteiger partial charge in [-0.2, -0.15) is 0 Å². The van der Waals surface area contributed by atoms with Crippen molar-refractivity contribution in [3.63, 3.8) is 0 Å². The zero-order valence-corrected chi connectivity index (χ0v) is 14.0. The highest BCUT2D eigenvalue weighted by Gasteiger charge is 2.27. The summed E-state index contributed by atoms with van der Waals surface area (Å²) in [4.78, 5) is 14.4. The Balaban J connectivity index is 1.64. The van der Waals surface area contributed by atoms with E-state index in [-0.39, 0.29) is 5.91 Å². The molecule has 0 atom stereocenters. The molecule has 1 amide bonds. The van der Waals surface area contributed by atoms with Crippen LogP contribution in [0.5, 0.6) is 0 Å². The predicted molar refractivity (Wildman–Crippen MR) is 88.6 cm³/mol. The number of halogens is 1. The fourth-order valence-electron chi connectivity index (χ4n) is 2.71. The van der Waals surface area contributed by atoms with Gasteiger partial charge in [-0.3, -0.25) is 4.79 Å². The normalized spacial score (nSPS) is 16.0. The second-order valence-electron chi connectivity index (χ2n) is 5.43. The Morgan fingerprint density at radius 2 is 2.05 bits per heavy atom. The van der Waals surface area contributed by atoms with Crippen LogP contribution in [0.4, 0.5) is 0 Å². The van der Waals surface area contributed by atoms with Crippen LogP contribution in [0.2, 0.25) is 5.02 Å². The molecule has 0 N–H and O–H groups in total. The van der Waals surface area contributed by atoms with Crippen LogP contribution in [0.1, 0.15) is 46.1 Å². The molecule has 0 spiro atoms. The number of carbonyl (C=O) groups excluding carboxylic acids is 1. The largest absolute Gasteiger partial charge is 0.339 e. The number of hydrogen-bond donors (Lipinski definition) is 0. The first-order chi connectivity index (χ1) is 10.7. The molecular formula is C16H18ClN3OS. The average Bonchev–Trinajstić information content (AvgIpc) is 3.04. The molecule has 0 unspecified atom stereocenters. The molecule has 0 radical (unpaired) electrons. The van der Waals surface area contributed by atoms with Gasteiger partial charge in [0.1, 0.15) is 10.0 Å². The zero-order chi connectivity index (χ0) is 15.5. The Bertz CT molecular complexity index is 665. The van der Waals surface area contributed by atoms with Crippen LogP contribution in [-0.4, -0.2) is 34.1 Å². The van der Waals surface area contributed by atoms with Crippen molar-refractivity contribution in [3.05, 3.63) is 44.9 Å². The minimum absolute atomic E-state index is 0.0237. The molecule has 2 heterocycles. The van der Waals surface area contributed by atoms with Crippen LogP contribution in [0.3, 0.4) is 0 Å². The molecule has 3 rings (SSSR count). The highest BCUT2D eigenvalue weighted by molar-refractivity contribution is 7.11. The SMILES string of the molecule is CCc1nnc(C2CCN(C(=O)c3ccccc3Cl)CC2)s1. The van der Waals surface area contributed by atoms with Gasteiger partial charge in [0.15, 0.2) is 0 Å². The number of piperidine rings is 1. The van der Waals surface area contributed by atoms with Crippen molar-refractivity contribution < 1.29 is 4.79 Å². The highest BCUT2D eigenvalue weighted by Crippen LogP contribution is 2.31. The molecule has 6 heteroatoms. The van der Waals surface area contributed by atoms with E-state index in [0.717, 1.165) is 42.4 Å². The van der Waals surface area contributed by atoms with E-state index in [1.165, 1.54) is 0 Å². The van der Waals surface area contributed by atoms with Gasteiger partial charge in [0.05, 0.1) is 10.6 Å². The highest BCUT2D eigenvalue weighted by atomic mass is 35.5. The van der Waals surface area contributed by atoms with Crippen molar-refractivity contribution in [1.82, 2.24) is 15.1 Å². The van der Waals surface area contributed by atoms with Gasteiger partial charge in [-0.1, -0.05) is 30.7 Å². The second kappa shape index (κ2) is 6.75. The maximum absolute atomic E-state index is 12.5. The summed E-state index contributed by atoms with van der Waals surface area (Å²) in [5.74, 6) is 0.448. The van der Waals surface area contributed by atoms with Crippen LogP contribution in [0.25, 0.3) is 0 Å². The third-order valence-electron chi connectivity index (χ3n) is 4.02. The summed E-state index contributed by atoms with van der Waals surface area (Å²) < 4.78 is 0. The van der Waals surface area contributed by atoms with Crippen molar-refractivity contribution in [2.75, 3.05) is 13.1 Å². The van der Waals surface area contributed by atoms with Crippen LogP contribution in [-0.2, 0) is 6.42 Å². The maximum atomic E-state index is 12.5. The van der Waals surface area contributed by atoms with E-state index in [1.54, 1.807) is 23.5 Å². The van der Waals surface area contributed by atoms with Crippen LogP contribution >= 0.6 is 22.9 Å². The number of aromatic nitrogens is 2. The molecule has 1 fully saturated rings. The predicted octanol–water partition coefficient (Wildman–Crippen LogP) is 3.77. The summed E-state index contributed by atoms with van der Waals surface area (Å²) in [5, 5.41) is 11.2. The first-order valence-electron chi connectivity index (χ1n) is 7.55. The molecular weight excluding hydrogens is 318 g/mol. The first-order valence-corrected chi connectivity index (χ1v) is 8.74. The van der Waals surface area contributed by atoms with Gasteiger partial charge in [-0.05, 0) is 31.4 Å². The lowest BCUT2D eigenvalue weighted by Gasteiger charge is -2.31. The Hall–Kier alpha value is -1.46. The number of nitrogens with zero attached hydrogens (tertiary/aromatic N) is 3. The Labute approximate surface area is 139 Å². The molecule has 1 aromatic heterocycles. The molecule has 0 bridgehead atoms. The molecule has 1 saturated heterocycles. The second-order valence-corrected chi connectivity index (χ2v) is 6.93. The topological polar surface area (TPSA) is 46.1 Å². The minimum Gasteiger partial charge on any atom is -0.339 e. The number of carbonyl (C=O) groups is 1. The molecule has 116 valence electrons. The summed E-state index contributed by atoms with van der Waals surface area (Å²) >= 11 is 7.82. The third kappa shape index (κ3) is 3.15. The lowest BCUT2D eigenvalue weighted by molar-refractivity contribution is 0.0713. The quantitative estimate of drug-likeness (QED) is 0.857. The van der Waals surface area contributed by atoms with Crippen LogP contribution in [0, 0.1) is 0 Å². The summed E-state index contributed by atoms with van der Waals surface area (Å²) in [7, 11) is 0. The van der Waals surface area contributed by atoms with Crippen LogP contribution in [0.15, 0.2) is 24.3 Å². The molecule has 0 saturated carbocycles. The molecule has 2 aromatic rings. The number of hydrogen-bond acceptors (Lipinski definition) is 4. The van der Waals surface area contributed by atoms with E-state index < -0.39 is 0 Å². The maximum Gasteiger partial charge on any atom is 0.255 e. The van der Waals surface area contributed by atoms with Crippen molar-refractivity contribution in [3.8, 4) is 0 Å². The van der Waals surface area contributed by atoms with Gasteiger partial charge >= 0.3 is 0 Å². The summed E-state index contributed by atoms with van der Waals surface area (Å²) in [5.41, 5.74) is 0.590. The Morgan fingerprint density at radius 3 is 2.68 bits per heavy atom. The molecule has 22 heavy (non-hydrogen) atoms. The van der Waals surface area contributed by atoms with E-state index in [2.05, 4.69) is 17.1 Å². The van der Waals surface area contributed by atoms with Crippen molar-refractivity contribution >= 4 is 28.8 Å². The Kier molecular flexibility index (Phi) is 4.74. The molecule has 1 aliphatic heterocycles. The number of likely N-dealkylation sites (tertiary alicyclic amines) is 1. The van der Waals surface area contributed by atoms with E-state index in [4.69, 9.17) is 11.6 Å². The molecule has 0 aliphatic carbocycles. The first kappa shape index (κ1) is 15.4. The van der Waals surface area contributed by atoms with Gasteiger partial charge in [-0.15, -0.1) is 21.5 Å².